The monoisotopic (exact) mass is 253 g/mol. The number of nitrogens with zero attached hydrogens (tertiary/aromatic N) is 2. The maximum Gasteiger partial charge on any atom is 0.0888 e. The summed E-state index contributed by atoms with van der Waals surface area (Å²) < 4.78 is 1.97. The molecule has 0 radical (unpaired) electrons. The zero-order valence-corrected chi connectivity index (χ0v) is 11.3. The van der Waals surface area contributed by atoms with E-state index in [-0.39, 0.29) is 0 Å². The highest BCUT2D eigenvalue weighted by Crippen LogP contribution is 2.28. The van der Waals surface area contributed by atoms with E-state index in [0.717, 1.165) is 48.6 Å². The first-order chi connectivity index (χ1) is 8.11. The Bertz CT molecular complexity index is 424. The highest BCUT2D eigenvalue weighted by molar-refractivity contribution is 6.32. The number of nitrogens with two attached hydrogens (primary N) is 1. The summed E-state index contributed by atoms with van der Waals surface area (Å²) in [6.45, 7) is 4.89. The molecule has 94 valence electrons. The maximum atomic E-state index is 6.29. The van der Waals surface area contributed by atoms with Gasteiger partial charge in [-0.05, 0) is 45.6 Å². The van der Waals surface area contributed by atoms with Crippen LogP contribution in [0.3, 0.4) is 0 Å². The van der Waals surface area contributed by atoms with E-state index in [4.69, 9.17) is 17.3 Å². The van der Waals surface area contributed by atoms with Crippen molar-refractivity contribution in [1.29, 1.82) is 0 Å². The van der Waals surface area contributed by atoms with E-state index < -0.39 is 0 Å². The van der Waals surface area contributed by atoms with Crippen molar-refractivity contribution in [3.8, 4) is 0 Å². The number of aryl methyl sites for hydroxylation is 2. The van der Waals surface area contributed by atoms with Crippen LogP contribution in [0, 0.1) is 6.92 Å². The van der Waals surface area contributed by atoms with Gasteiger partial charge in [-0.25, -0.2) is 0 Å². The van der Waals surface area contributed by atoms with Gasteiger partial charge in [-0.2, -0.15) is 5.10 Å². The van der Waals surface area contributed by atoms with Crippen molar-refractivity contribution in [1.82, 2.24) is 9.78 Å². The van der Waals surface area contributed by atoms with Crippen LogP contribution < -0.4 is 5.73 Å². The van der Waals surface area contributed by atoms with E-state index in [1.807, 2.05) is 11.6 Å². The largest absolute Gasteiger partial charge is 0.328 e. The molecule has 0 spiro atoms. The van der Waals surface area contributed by atoms with E-state index in [9.17, 15) is 0 Å². The zero-order chi connectivity index (χ0) is 12.4. The van der Waals surface area contributed by atoms with Gasteiger partial charge in [0.15, 0.2) is 0 Å². The highest BCUT2D eigenvalue weighted by atomic mass is 35.5. The standard InChI is InChI=1S/C13H20ClN3/c1-3-17-12(13(14)9(2)16-17)8-10-4-6-11(15)7-5-10/h8,11H,3-7,15H2,1-2H3. The van der Waals surface area contributed by atoms with Crippen LogP contribution in [0.1, 0.15) is 44.0 Å². The predicted octanol–water partition coefficient (Wildman–Crippen LogP) is 3.15. The third kappa shape index (κ3) is 2.72. The first-order valence-electron chi connectivity index (χ1n) is 6.29. The van der Waals surface area contributed by atoms with E-state index in [0.29, 0.717) is 6.04 Å². The van der Waals surface area contributed by atoms with Gasteiger partial charge in [0.1, 0.15) is 0 Å². The Kier molecular flexibility index (Phi) is 3.89. The summed E-state index contributed by atoms with van der Waals surface area (Å²) in [5, 5.41) is 5.21. The van der Waals surface area contributed by atoms with Gasteiger partial charge in [0, 0.05) is 12.6 Å². The van der Waals surface area contributed by atoms with Crippen molar-refractivity contribution in [2.75, 3.05) is 0 Å². The molecule has 1 aliphatic rings. The second kappa shape index (κ2) is 5.23. The molecule has 3 nitrogen and oxygen atoms in total. The molecule has 2 rings (SSSR count). The number of allylic oxidation sites excluding steroid dienone is 1. The van der Waals surface area contributed by atoms with Gasteiger partial charge in [-0.1, -0.05) is 17.2 Å². The fraction of sp³-hybridized carbons (Fsp3) is 0.615. The number of hydrogen-bond acceptors (Lipinski definition) is 2. The summed E-state index contributed by atoms with van der Waals surface area (Å²) in [6, 6.07) is 0.375. The molecule has 1 fully saturated rings. The second-order valence-electron chi connectivity index (χ2n) is 4.74. The van der Waals surface area contributed by atoms with Crippen LogP contribution in [0.15, 0.2) is 5.57 Å². The molecule has 2 N–H and O–H groups in total. The normalized spacial score (nSPS) is 20.7. The van der Waals surface area contributed by atoms with Crippen LogP contribution >= 0.6 is 11.6 Å². The maximum absolute atomic E-state index is 6.29. The quantitative estimate of drug-likeness (QED) is 0.880. The summed E-state index contributed by atoms with van der Waals surface area (Å²) in [4.78, 5) is 0. The molecule has 0 saturated heterocycles. The first kappa shape index (κ1) is 12.7. The lowest BCUT2D eigenvalue weighted by atomic mass is 9.91. The van der Waals surface area contributed by atoms with Gasteiger partial charge >= 0.3 is 0 Å². The van der Waals surface area contributed by atoms with Gasteiger partial charge < -0.3 is 5.73 Å². The number of aromatic nitrogens is 2. The molecule has 17 heavy (non-hydrogen) atoms. The number of halogens is 1. The first-order valence-corrected chi connectivity index (χ1v) is 6.67. The van der Waals surface area contributed by atoms with Gasteiger partial charge in [-0.15, -0.1) is 0 Å². The molecule has 0 amide bonds. The van der Waals surface area contributed by atoms with E-state index in [2.05, 4.69) is 18.1 Å². The molecule has 0 aliphatic heterocycles. The molecule has 0 atom stereocenters. The third-order valence-electron chi connectivity index (χ3n) is 3.40. The minimum atomic E-state index is 0.375. The van der Waals surface area contributed by atoms with Crippen LogP contribution in [-0.4, -0.2) is 15.8 Å². The second-order valence-corrected chi connectivity index (χ2v) is 5.12. The van der Waals surface area contributed by atoms with Crippen LogP contribution in [0.25, 0.3) is 6.08 Å². The molecule has 4 heteroatoms. The average molecular weight is 254 g/mol. The van der Waals surface area contributed by atoms with Crippen molar-refractivity contribution < 1.29 is 0 Å². The van der Waals surface area contributed by atoms with Gasteiger partial charge in [0.2, 0.25) is 0 Å². The summed E-state index contributed by atoms with van der Waals surface area (Å²) >= 11 is 6.29. The van der Waals surface area contributed by atoms with E-state index in [1.165, 1.54) is 5.57 Å². The lowest BCUT2D eigenvalue weighted by molar-refractivity contribution is 0.513. The molecule has 1 aromatic heterocycles. The fourth-order valence-corrected chi connectivity index (χ4v) is 2.49. The smallest absolute Gasteiger partial charge is 0.0888 e. The third-order valence-corrected chi connectivity index (χ3v) is 3.87. The lowest BCUT2D eigenvalue weighted by Gasteiger charge is -2.20. The van der Waals surface area contributed by atoms with Crippen molar-refractivity contribution in [2.24, 2.45) is 5.73 Å². The highest BCUT2D eigenvalue weighted by Gasteiger charge is 2.15. The Labute approximate surface area is 108 Å². The van der Waals surface area contributed by atoms with Crippen LogP contribution in [0.5, 0.6) is 0 Å². The van der Waals surface area contributed by atoms with Crippen LogP contribution in [-0.2, 0) is 6.54 Å². The number of hydrogen-bond donors (Lipinski definition) is 1. The Hall–Kier alpha value is -0.800. The van der Waals surface area contributed by atoms with E-state index >= 15 is 0 Å². The van der Waals surface area contributed by atoms with Crippen LogP contribution in [0.2, 0.25) is 5.02 Å². The van der Waals surface area contributed by atoms with Gasteiger partial charge in [0.25, 0.3) is 0 Å². The lowest BCUT2D eigenvalue weighted by Crippen LogP contribution is -2.23. The van der Waals surface area contributed by atoms with Gasteiger partial charge in [-0.3, -0.25) is 4.68 Å². The molecule has 1 saturated carbocycles. The summed E-state index contributed by atoms with van der Waals surface area (Å²) in [5.41, 5.74) is 9.32. The Morgan fingerprint density at radius 1 is 1.47 bits per heavy atom. The fourth-order valence-electron chi connectivity index (χ4n) is 2.31. The average Bonchev–Trinajstić information content (AvgIpc) is 2.59. The predicted molar refractivity (Wildman–Crippen MR) is 72.1 cm³/mol. The minimum absolute atomic E-state index is 0.375. The summed E-state index contributed by atoms with van der Waals surface area (Å²) in [5.74, 6) is 0. The molecule has 1 aromatic rings. The van der Waals surface area contributed by atoms with Crippen molar-refractivity contribution in [3.63, 3.8) is 0 Å². The van der Waals surface area contributed by atoms with E-state index in [1.54, 1.807) is 0 Å². The van der Waals surface area contributed by atoms with Crippen LogP contribution in [0.4, 0.5) is 0 Å². The Morgan fingerprint density at radius 3 is 2.71 bits per heavy atom. The van der Waals surface area contributed by atoms with Crippen molar-refractivity contribution in [2.45, 2.75) is 52.1 Å². The molecule has 0 unspecified atom stereocenters. The molecule has 0 bridgehead atoms. The molecule has 1 heterocycles. The molecule has 1 aliphatic carbocycles. The Morgan fingerprint density at radius 2 is 2.12 bits per heavy atom. The molecular weight excluding hydrogens is 234 g/mol. The number of rotatable bonds is 2. The van der Waals surface area contributed by atoms with Crippen molar-refractivity contribution in [3.05, 3.63) is 22.0 Å². The summed E-state index contributed by atoms with van der Waals surface area (Å²) in [6.07, 6.45) is 6.56. The SMILES string of the molecule is CCn1nc(C)c(Cl)c1C=C1CCC(N)CC1. The van der Waals surface area contributed by atoms with Crippen molar-refractivity contribution >= 4 is 17.7 Å². The molecule has 0 aromatic carbocycles. The Balaban J connectivity index is 2.25. The van der Waals surface area contributed by atoms with Gasteiger partial charge in [0.05, 0.1) is 16.4 Å². The minimum Gasteiger partial charge on any atom is -0.328 e. The summed E-state index contributed by atoms with van der Waals surface area (Å²) in [7, 11) is 0. The topological polar surface area (TPSA) is 43.8 Å². The zero-order valence-electron chi connectivity index (χ0n) is 10.5. The molecular formula is C13H20ClN3.